The van der Waals surface area contributed by atoms with E-state index < -0.39 is 39.6 Å². The molecule has 218 valence electrons. The molecule has 0 spiro atoms. The van der Waals surface area contributed by atoms with Gasteiger partial charge in [-0.25, -0.2) is 13.2 Å². The number of sulfone groups is 1. The molecule has 4 rings (SSSR count). The number of ether oxygens (including phenoxy) is 2. The molecule has 3 aromatic carbocycles. The number of hydrogen-bond acceptors (Lipinski definition) is 6. The van der Waals surface area contributed by atoms with Crippen molar-refractivity contribution in [2.45, 2.75) is 68.4 Å². The van der Waals surface area contributed by atoms with Crippen LogP contribution in [-0.4, -0.2) is 38.2 Å². The van der Waals surface area contributed by atoms with E-state index in [0.717, 1.165) is 11.1 Å². The van der Waals surface area contributed by atoms with Gasteiger partial charge in [-0.15, -0.1) is 0 Å². The summed E-state index contributed by atoms with van der Waals surface area (Å²) < 4.78 is 37.2. The lowest BCUT2D eigenvalue weighted by molar-refractivity contribution is -0.145. The molecule has 0 saturated carbocycles. The molecule has 0 radical (unpaired) electrons. The van der Waals surface area contributed by atoms with Gasteiger partial charge in [0.2, 0.25) is 0 Å². The summed E-state index contributed by atoms with van der Waals surface area (Å²) in [5.74, 6) is -1.12. The minimum absolute atomic E-state index is 0.133. The summed E-state index contributed by atoms with van der Waals surface area (Å²) >= 11 is 12.3. The molecule has 1 fully saturated rings. The standard InChI is InChI=1S/C31H33Cl2NO6S/c1-31(2,3)40-30(36)34-27(17-20-8-5-4-6-9-20)28-18-22(29(35)39-28)16-21-12-14-23(15-13-21)41(37,38)19-24-25(32)10-7-11-26(24)33/h4-15,22,27-28H,16-19H2,1-3H3,(H,34,36)/t22-,27?,28+/m1/s1. The summed E-state index contributed by atoms with van der Waals surface area (Å²) in [4.78, 5) is 25.6. The van der Waals surface area contributed by atoms with Gasteiger partial charge in [0.25, 0.3) is 0 Å². The van der Waals surface area contributed by atoms with E-state index >= 15 is 0 Å². The molecule has 1 aliphatic heterocycles. The lowest BCUT2D eigenvalue weighted by Crippen LogP contribution is -2.46. The molecule has 1 heterocycles. The van der Waals surface area contributed by atoms with Crippen LogP contribution < -0.4 is 5.32 Å². The number of alkyl carbamates (subject to hydrolysis) is 1. The molecule has 1 saturated heterocycles. The molecule has 1 aliphatic rings. The zero-order valence-electron chi connectivity index (χ0n) is 23.1. The lowest BCUT2D eigenvalue weighted by atomic mass is 9.92. The third-order valence-corrected chi connectivity index (χ3v) is 9.09. The van der Waals surface area contributed by atoms with Crippen LogP contribution in [0.25, 0.3) is 0 Å². The normalized spacial score (nSPS) is 18.0. The minimum atomic E-state index is -3.70. The van der Waals surface area contributed by atoms with Crippen molar-refractivity contribution in [2.75, 3.05) is 0 Å². The van der Waals surface area contributed by atoms with Crippen LogP contribution in [0.15, 0.2) is 77.7 Å². The number of halogens is 2. The van der Waals surface area contributed by atoms with Crippen LogP contribution in [-0.2, 0) is 42.7 Å². The zero-order valence-corrected chi connectivity index (χ0v) is 25.4. The summed E-state index contributed by atoms with van der Waals surface area (Å²) in [6.07, 6.45) is 0.119. The zero-order chi connectivity index (χ0) is 29.8. The van der Waals surface area contributed by atoms with E-state index in [4.69, 9.17) is 32.7 Å². The average Bonchev–Trinajstić information content (AvgIpc) is 3.26. The van der Waals surface area contributed by atoms with Gasteiger partial charge in [-0.3, -0.25) is 4.79 Å². The van der Waals surface area contributed by atoms with Gasteiger partial charge < -0.3 is 14.8 Å². The number of esters is 1. The Morgan fingerprint density at radius 3 is 2.22 bits per heavy atom. The van der Waals surface area contributed by atoms with Crippen molar-refractivity contribution < 1.29 is 27.5 Å². The number of hydrogen-bond donors (Lipinski definition) is 1. The summed E-state index contributed by atoms with van der Waals surface area (Å²) in [6.45, 7) is 5.35. The van der Waals surface area contributed by atoms with Crippen LogP contribution in [0.3, 0.4) is 0 Å². The number of carbonyl (C=O) groups is 2. The van der Waals surface area contributed by atoms with Crippen LogP contribution in [0, 0.1) is 5.92 Å². The highest BCUT2D eigenvalue weighted by Gasteiger charge is 2.40. The summed E-state index contributed by atoms with van der Waals surface area (Å²) in [6, 6.07) is 20.5. The maximum absolute atomic E-state index is 13.0. The predicted octanol–water partition coefficient (Wildman–Crippen LogP) is 6.58. The molecule has 0 aromatic heterocycles. The number of carbonyl (C=O) groups excluding carboxylic acids is 2. The second-order valence-corrected chi connectivity index (χ2v) is 14.0. The van der Waals surface area contributed by atoms with Gasteiger partial charge in [0.15, 0.2) is 9.84 Å². The fourth-order valence-electron chi connectivity index (χ4n) is 4.75. The van der Waals surface area contributed by atoms with Crippen molar-refractivity contribution in [3.63, 3.8) is 0 Å². The number of amides is 1. The van der Waals surface area contributed by atoms with Crippen LogP contribution >= 0.6 is 23.2 Å². The predicted molar refractivity (Wildman–Crippen MR) is 159 cm³/mol. The number of benzene rings is 3. The van der Waals surface area contributed by atoms with Gasteiger partial charge in [0, 0.05) is 22.0 Å². The van der Waals surface area contributed by atoms with Crippen molar-refractivity contribution in [3.8, 4) is 0 Å². The molecule has 3 atom stereocenters. The maximum Gasteiger partial charge on any atom is 0.408 e. The number of nitrogens with one attached hydrogen (secondary N) is 1. The van der Waals surface area contributed by atoms with Crippen LogP contribution in [0.2, 0.25) is 10.0 Å². The molecule has 0 bridgehead atoms. The monoisotopic (exact) mass is 617 g/mol. The molecule has 1 amide bonds. The van der Waals surface area contributed by atoms with Crippen molar-refractivity contribution in [1.82, 2.24) is 5.32 Å². The quantitative estimate of drug-likeness (QED) is 0.272. The molecule has 41 heavy (non-hydrogen) atoms. The summed E-state index contributed by atoms with van der Waals surface area (Å²) in [5, 5.41) is 3.48. The van der Waals surface area contributed by atoms with E-state index in [0.29, 0.717) is 34.9 Å². The molecule has 0 aliphatic carbocycles. The Hall–Kier alpha value is -3.07. The fraction of sp³-hybridized carbons (Fsp3) is 0.355. The third-order valence-electron chi connectivity index (χ3n) is 6.73. The fourth-order valence-corrected chi connectivity index (χ4v) is 6.84. The third kappa shape index (κ3) is 8.47. The Balaban J connectivity index is 1.44. The highest BCUT2D eigenvalue weighted by atomic mass is 35.5. The Kier molecular flexibility index (Phi) is 9.67. The second kappa shape index (κ2) is 12.8. The van der Waals surface area contributed by atoms with E-state index in [2.05, 4.69) is 5.32 Å². The van der Waals surface area contributed by atoms with Gasteiger partial charge in [-0.05, 0) is 69.0 Å². The maximum atomic E-state index is 13.0. The van der Waals surface area contributed by atoms with E-state index in [9.17, 15) is 18.0 Å². The molecule has 7 nitrogen and oxygen atoms in total. The first-order valence-electron chi connectivity index (χ1n) is 13.3. The number of rotatable bonds is 9. The van der Waals surface area contributed by atoms with Gasteiger partial charge in [-0.2, -0.15) is 0 Å². The molecule has 10 heteroatoms. The van der Waals surface area contributed by atoms with Gasteiger partial charge in [0.05, 0.1) is 22.6 Å². The molecule has 1 unspecified atom stereocenters. The Morgan fingerprint density at radius 2 is 1.61 bits per heavy atom. The second-order valence-electron chi connectivity index (χ2n) is 11.2. The largest absolute Gasteiger partial charge is 0.460 e. The van der Waals surface area contributed by atoms with Gasteiger partial charge in [0.1, 0.15) is 11.7 Å². The lowest BCUT2D eigenvalue weighted by Gasteiger charge is -2.26. The first-order chi connectivity index (χ1) is 19.3. The van der Waals surface area contributed by atoms with Crippen LogP contribution in [0.1, 0.15) is 43.9 Å². The smallest absolute Gasteiger partial charge is 0.408 e. The van der Waals surface area contributed by atoms with E-state index in [1.165, 1.54) is 12.1 Å². The minimum Gasteiger partial charge on any atom is -0.460 e. The Bertz CT molecular complexity index is 1470. The first-order valence-corrected chi connectivity index (χ1v) is 15.7. The van der Waals surface area contributed by atoms with E-state index in [1.54, 1.807) is 51.1 Å². The average molecular weight is 619 g/mol. The van der Waals surface area contributed by atoms with Crippen molar-refractivity contribution in [2.24, 2.45) is 5.92 Å². The summed E-state index contributed by atoms with van der Waals surface area (Å²) in [5.41, 5.74) is 1.46. The van der Waals surface area contributed by atoms with Gasteiger partial charge in [-0.1, -0.05) is 71.7 Å². The topological polar surface area (TPSA) is 98.8 Å². The molecular formula is C31H33Cl2NO6S. The van der Waals surface area contributed by atoms with Crippen LogP contribution in [0.4, 0.5) is 4.79 Å². The highest BCUT2D eigenvalue weighted by molar-refractivity contribution is 7.90. The first kappa shape index (κ1) is 30.9. The Labute approximate surface area is 251 Å². The molecule has 3 aromatic rings. The van der Waals surface area contributed by atoms with Crippen LogP contribution in [0.5, 0.6) is 0 Å². The SMILES string of the molecule is CC(C)(C)OC(=O)NC(Cc1ccccc1)[C@@H]1C[C@@H](Cc2ccc(S(=O)(=O)Cc3c(Cl)cccc3Cl)cc2)C(=O)O1. The molecular weight excluding hydrogens is 585 g/mol. The highest BCUT2D eigenvalue weighted by Crippen LogP contribution is 2.31. The van der Waals surface area contributed by atoms with Crippen molar-refractivity contribution >= 4 is 45.1 Å². The van der Waals surface area contributed by atoms with Crippen molar-refractivity contribution in [1.29, 1.82) is 0 Å². The Morgan fingerprint density at radius 1 is 0.976 bits per heavy atom. The number of cyclic esters (lactones) is 1. The molecule has 1 N–H and O–H groups in total. The summed E-state index contributed by atoms with van der Waals surface area (Å²) in [7, 11) is -3.70. The van der Waals surface area contributed by atoms with Crippen molar-refractivity contribution in [3.05, 3.63) is 99.5 Å². The van der Waals surface area contributed by atoms with E-state index in [-0.39, 0.29) is 16.6 Å². The van der Waals surface area contributed by atoms with E-state index in [1.807, 2.05) is 30.3 Å². The van der Waals surface area contributed by atoms with Gasteiger partial charge >= 0.3 is 12.1 Å².